The van der Waals surface area contributed by atoms with Crippen molar-refractivity contribution in [1.82, 2.24) is 0 Å². The maximum Gasteiger partial charge on any atom is 0.169 e. The van der Waals surface area contributed by atoms with E-state index in [-0.39, 0.29) is 12.2 Å². The van der Waals surface area contributed by atoms with Crippen LogP contribution in [0.2, 0.25) is 0 Å². The quantitative estimate of drug-likeness (QED) is 0.671. The molecule has 0 spiro atoms. The largest absolute Gasteiger partial charge is 0.496 e. The van der Waals surface area contributed by atoms with Gasteiger partial charge in [0.25, 0.3) is 0 Å². The zero-order chi connectivity index (χ0) is 14.5. The number of hydrogen-bond donors (Lipinski definition) is 1. The second-order valence-corrected chi connectivity index (χ2v) is 4.33. The predicted octanol–water partition coefficient (Wildman–Crippen LogP) is 2.71. The van der Waals surface area contributed by atoms with E-state index in [0.717, 1.165) is 5.56 Å². The summed E-state index contributed by atoms with van der Waals surface area (Å²) >= 11 is 0. The van der Waals surface area contributed by atoms with Gasteiger partial charge < -0.3 is 15.2 Å². The molecule has 0 atom stereocenters. The van der Waals surface area contributed by atoms with Gasteiger partial charge in [0.15, 0.2) is 5.78 Å². The van der Waals surface area contributed by atoms with Crippen LogP contribution in [-0.2, 0) is 6.42 Å². The van der Waals surface area contributed by atoms with Crippen LogP contribution in [0.25, 0.3) is 0 Å². The smallest absolute Gasteiger partial charge is 0.169 e. The lowest BCUT2D eigenvalue weighted by Crippen LogP contribution is -2.08. The van der Waals surface area contributed by atoms with Gasteiger partial charge in [0, 0.05) is 17.5 Å². The van der Waals surface area contributed by atoms with E-state index in [0.29, 0.717) is 22.7 Å². The molecule has 0 aliphatic carbocycles. The number of carbonyl (C=O) groups excluding carboxylic acids is 1. The van der Waals surface area contributed by atoms with Gasteiger partial charge in [-0.25, -0.2) is 0 Å². The van der Waals surface area contributed by atoms with E-state index >= 15 is 0 Å². The van der Waals surface area contributed by atoms with Crippen LogP contribution in [-0.4, -0.2) is 20.0 Å². The number of carbonyl (C=O) groups is 1. The van der Waals surface area contributed by atoms with Crippen LogP contribution in [0.1, 0.15) is 15.9 Å². The van der Waals surface area contributed by atoms with Gasteiger partial charge in [0.05, 0.1) is 19.9 Å². The highest BCUT2D eigenvalue weighted by atomic mass is 16.5. The van der Waals surface area contributed by atoms with Gasteiger partial charge in [-0.3, -0.25) is 4.79 Å². The standard InChI is InChI=1S/C16H17NO3/c1-19-14-8-4-3-6-11(14)10-13(18)12-7-5-9-15(20-2)16(12)17/h3-9H,10,17H2,1-2H3. The van der Waals surface area contributed by atoms with Crippen molar-refractivity contribution in [2.75, 3.05) is 20.0 Å². The third kappa shape index (κ3) is 2.74. The topological polar surface area (TPSA) is 61.5 Å². The first-order valence-electron chi connectivity index (χ1n) is 6.25. The number of anilines is 1. The third-order valence-electron chi connectivity index (χ3n) is 3.13. The molecule has 2 aromatic rings. The van der Waals surface area contributed by atoms with Crippen LogP contribution < -0.4 is 15.2 Å². The lowest BCUT2D eigenvalue weighted by molar-refractivity contribution is 0.0992. The number of hydrogen-bond acceptors (Lipinski definition) is 4. The molecule has 0 saturated heterocycles. The highest BCUT2D eigenvalue weighted by Crippen LogP contribution is 2.27. The molecule has 2 aromatic carbocycles. The lowest BCUT2D eigenvalue weighted by atomic mass is 10.0. The third-order valence-corrected chi connectivity index (χ3v) is 3.13. The minimum Gasteiger partial charge on any atom is -0.496 e. The molecule has 0 aliphatic heterocycles. The molecule has 0 bridgehead atoms. The molecule has 4 nitrogen and oxygen atoms in total. The van der Waals surface area contributed by atoms with Crippen LogP contribution in [0.3, 0.4) is 0 Å². The van der Waals surface area contributed by atoms with E-state index in [1.807, 2.05) is 24.3 Å². The fraction of sp³-hybridized carbons (Fsp3) is 0.188. The van der Waals surface area contributed by atoms with Crippen LogP contribution in [0.4, 0.5) is 5.69 Å². The first kappa shape index (κ1) is 13.9. The molecule has 0 heterocycles. The Bertz CT molecular complexity index is 623. The molecule has 0 saturated carbocycles. The van der Waals surface area contributed by atoms with Crippen molar-refractivity contribution in [3.63, 3.8) is 0 Å². The number of ether oxygens (including phenoxy) is 2. The Morgan fingerprint density at radius 3 is 2.35 bits per heavy atom. The Balaban J connectivity index is 2.29. The molecule has 4 heteroatoms. The molecule has 0 radical (unpaired) electrons. The fourth-order valence-corrected chi connectivity index (χ4v) is 2.08. The van der Waals surface area contributed by atoms with E-state index < -0.39 is 0 Å². The predicted molar refractivity (Wildman–Crippen MR) is 78.4 cm³/mol. The molecule has 0 aromatic heterocycles. The van der Waals surface area contributed by atoms with Gasteiger partial charge in [0.2, 0.25) is 0 Å². The van der Waals surface area contributed by atoms with Gasteiger partial charge >= 0.3 is 0 Å². The van der Waals surface area contributed by atoms with Crippen molar-refractivity contribution < 1.29 is 14.3 Å². The number of nitrogens with two attached hydrogens (primary N) is 1. The Kier molecular flexibility index (Phi) is 4.25. The summed E-state index contributed by atoms with van der Waals surface area (Å²) in [5.41, 5.74) is 7.62. The summed E-state index contributed by atoms with van der Waals surface area (Å²) in [6.45, 7) is 0. The molecule has 20 heavy (non-hydrogen) atoms. The fourth-order valence-electron chi connectivity index (χ4n) is 2.08. The maximum atomic E-state index is 12.4. The Hall–Kier alpha value is -2.49. The van der Waals surface area contributed by atoms with E-state index in [4.69, 9.17) is 15.2 Å². The van der Waals surface area contributed by atoms with Crippen LogP contribution in [0, 0.1) is 0 Å². The summed E-state index contributed by atoms with van der Waals surface area (Å²) in [5.74, 6) is 1.14. The first-order chi connectivity index (χ1) is 9.67. The van der Waals surface area contributed by atoms with Crippen molar-refractivity contribution in [1.29, 1.82) is 0 Å². The summed E-state index contributed by atoms with van der Waals surface area (Å²) in [7, 11) is 3.11. The van der Waals surface area contributed by atoms with Crippen LogP contribution >= 0.6 is 0 Å². The highest BCUT2D eigenvalue weighted by molar-refractivity contribution is 6.03. The van der Waals surface area contributed by atoms with Crippen molar-refractivity contribution in [3.8, 4) is 11.5 Å². The summed E-state index contributed by atoms with van der Waals surface area (Å²) in [6, 6.07) is 12.6. The van der Waals surface area contributed by atoms with Crippen molar-refractivity contribution in [2.24, 2.45) is 0 Å². The second kappa shape index (κ2) is 6.10. The van der Waals surface area contributed by atoms with Crippen LogP contribution in [0.5, 0.6) is 11.5 Å². The molecular formula is C16H17NO3. The SMILES string of the molecule is COc1ccccc1CC(=O)c1cccc(OC)c1N. The summed E-state index contributed by atoms with van der Waals surface area (Å²) < 4.78 is 10.4. The molecule has 0 aliphatic rings. The molecular weight excluding hydrogens is 254 g/mol. The monoisotopic (exact) mass is 271 g/mol. The number of para-hydroxylation sites is 2. The number of methoxy groups -OCH3 is 2. The number of ketones is 1. The van der Waals surface area contributed by atoms with Crippen LogP contribution in [0.15, 0.2) is 42.5 Å². The number of Topliss-reactive ketones (excluding diaryl/α,β-unsaturated/α-hetero) is 1. The van der Waals surface area contributed by atoms with Gasteiger partial charge in [0.1, 0.15) is 11.5 Å². The normalized spacial score (nSPS) is 10.1. The minimum absolute atomic E-state index is 0.0640. The van der Waals surface area contributed by atoms with Gasteiger partial charge in [-0.2, -0.15) is 0 Å². The van der Waals surface area contributed by atoms with E-state index in [9.17, 15) is 4.79 Å². The molecule has 0 unspecified atom stereocenters. The zero-order valence-electron chi connectivity index (χ0n) is 11.6. The maximum absolute atomic E-state index is 12.4. The van der Waals surface area contributed by atoms with Crippen molar-refractivity contribution >= 4 is 11.5 Å². The van der Waals surface area contributed by atoms with Gasteiger partial charge in [-0.1, -0.05) is 24.3 Å². The Morgan fingerprint density at radius 2 is 1.65 bits per heavy atom. The average Bonchev–Trinajstić information content (AvgIpc) is 2.48. The summed E-state index contributed by atoms with van der Waals surface area (Å²) in [5, 5.41) is 0. The van der Waals surface area contributed by atoms with Gasteiger partial charge in [-0.05, 0) is 18.2 Å². The summed E-state index contributed by atoms with van der Waals surface area (Å²) in [4.78, 5) is 12.4. The van der Waals surface area contributed by atoms with Crippen molar-refractivity contribution in [2.45, 2.75) is 6.42 Å². The molecule has 0 amide bonds. The number of rotatable bonds is 5. The molecule has 2 rings (SSSR count). The zero-order valence-corrected chi connectivity index (χ0v) is 11.6. The molecule has 104 valence electrons. The summed E-state index contributed by atoms with van der Waals surface area (Å²) in [6.07, 6.45) is 0.237. The highest BCUT2D eigenvalue weighted by Gasteiger charge is 2.15. The minimum atomic E-state index is -0.0640. The lowest BCUT2D eigenvalue weighted by Gasteiger charge is -2.10. The van der Waals surface area contributed by atoms with E-state index in [1.165, 1.54) is 7.11 Å². The van der Waals surface area contributed by atoms with E-state index in [1.54, 1.807) is 25.3 Å². The first-order valence-corrected chi connectivity index (χ1v) is 6.25. The average molecular weight is 271 g/mol. The van der Waals surface area contributed by atoms with E-state index in [2.05, 4.69) is 0 Å². The molecule has 0 fully saturated rings. The Labute approximate surface area is 118 Å². The Morgan fingerprint density at radius 1 is 1.00 bits per heavy atom. The number of benzene rings is 2. The second-order valence-electron chi connectivity index (χ2n) is 4.33. The van der Waals surface area contributed by atoms with Crippen molar-refractivity contribution in [3.05, 3.63) is 53.6 Å². The molecule has 2 N–H and O–H groups in total. The van der Waals surface area contributed by atoms with Gasteiger partial charge in [-0.15, -0.1) is 0 Å². The number of nitrogen functional groups attached to an aromatic ring is 1.